The van der Waals surface area contributed by atoms with E-state index in [1.807, 2.05) is 0 Å². The number of hydrogen-bond donors (Lipinski definition) is 2. The van der Waals surface area contributed by atoms with Gasteiger partial charge in [-0.25, -0.2) is 10.2 Å². The summed E-state index contributed by atoms with van der Waals surface area (Å²) in [6, 6.07) is 13.0. The first-order valence-electron chi connectivity index (χ1n) is 7.40. The number of aromatic carboxylic acids is 1. The van der Waals surface area contributed by atoms with Gasteiger partial charge in [-0.2, -0.15) is 5.10 Å². The maximum Gasteiger partial charge on any atom is 0.336 e. The Bertz CT molecular complexity index is 801. The number of carbonyl (C=O) groups is 2. The fourth-order valence-corrected chi connectivity index (χ4v) is 2.07. The normalized spacial score (nSPS) is 11.3. The van der Waals surface area contributed by atoms with E-state index in [-0.39, 0.29) is 5.56 Å². The number of ether oxygens (including phenoxy) is 1. The van der Waals surface area contributed by atoms with Crippen molar-refractivity contribution in [3.8, 4) is 5.75 Å². The molecule has 0 aliphatic heterocycles. The number of rotatable bonds is 6. The Morgan fingerprint density at radius 2 is 1.80 bits per heavy atom. The van der Waals surface area contributed by atoms with E-state index in [4.69, 9.17) is 21.4 Å². The Labute approximate surface area is 150 Å². The summed E-state index contributed by atoms with van der Waals surface area (Å²) in [7, 11) is 0. The smallest absolute Gasteiger partial charge is 0.336 e. The molecule has 0 aromatic heterocycles. The van der Waals surface area contributed by atoms with Crippen LogP contribution in [0.1, 0.15) is 29.8 Å². The first-order valence-corrected chi connectivity index (χ1v) is 7.78. The minimum atomic E-state index is -1.18. The quantitative estimate of drug-likeness (QED) is 0.610. The van der Waals surface area contributed by atoms with E-state index in [1.165, 1.54) is 12.3 Å². The molecule has 2 aromatic rings. The van der Waals surface area contributed by atoms with Gasteiger partial charge in [0.25, 0.3) is 5.91 Å². The first kappa shape index (κ1) is 18.5. The van der Waals surface area contributed by atoms with Gasteiger partial charge in [0.15, 0.2) is 5.60 Å². The lowest BCUT2D eigenvalue weighted by Gasteiger charge is -2.24. The molecule has 0 aliphatic carbocycles. The summed E-state index contributed by atoms with van der Waals surface area (Å²) < 4.78 is 5.64. The van der Waals surface area contributed by atoms with E-state index in [0.717, 1.165) is 0 Å². The minimum Gasteiger partial charge on any atom is -0.478 e. The standard InChI is InChI=1S/C18H17ClN2O4/c1-18(2,25-14-9-7-13(19)8-10-14)17(24)21-20-11-12-5-3-4-6-15(12)16(22)23/h3-11H,1-2H3,(H,21,24)(H,22,23)/b20-11+. The SMILES string of the molecule is CC(C)(Oc1ccc(Cl)cc1)C(=O)N/N=C/c1ccccc1C(=O)O. The van der Waals surface area contributed by atoms with Crippen LogP contribution in [0.4, 0.5) is 0 Å². The summed E-state index contributed by atoms with van der Waals surface area (Å²) in [6.45, 7) is 3.19. The Balaban J connectivity index is 2.03. The zero-order valence-corrected chi connectivity index (χ0v) is 14.4. The molecule has 25 heavy (non-hydrogen) atoms. The van der Waals surface area contributed by atoms with Gasteiger partial charge in [0.2, 0.25) is 0 Å². The number of amides is 1. The number of hydrogen-bond acceptors (Lipinski definition) is 4. The van der Waals surface area contributed by atoms with Gasteiger partial charge >= 0.3 is 5.97 Å². The van der Waals surface area contributed by atoms with Gasteiger partial charge < -0.3 is 9.84 Å². The van der Waals surface area contributed by atoms with Gasteiger partial charge in [-0.3, -0.25) is 4.79 Å². The Morgan fingerprint density at radius 3 is 2.44 bits per heavy atom. The van der Waals surface area contributed by atoms with Crippen molar-refractivity contribution in [1.82, 2.24) is 5.43 Å². The highest BCUT2D eigenvalue weighted by Crippen LogP contribution is 2.21. The third kappa shape index (κ3) is 5.06. The predicted molar refractivity (Wildman–Crippen MR) is 95.3 cm³/mol. The van der Waals surface area contributed by atoms with Crippen LogP contribution in [0.25, 0.3) is 0 Å². The summed E-state index contributed by atoms with van der Waals surface area (Å²) in [5.41, 5.74) is 1.65. The predicted octanol–water partition coefficient (Wildman–Crippen LogP) is 3.35. The van der Waals surface area contributed by atoms with E-state index < -0.39 is 17.5 Å². The molecule has 0 saturated heterocycles. The van der Waals surface area contributed by atoms with Gasteiger partial charge in [-0.05, 0) is 44.2 Å². The van der Waals surface area contributed by atoms with Crippen LogP contribution >= 0.6 is 11.6 Å². The first-order chi connectivity index (χ1) is 11.8. The highest BCUT2D eigenvalue weighted by molar-refractivity contribution is 6.30. The van der Waals surface area contributed by atoms with Gasteiger partial charge in [0, 0.05) is 10.6 Å². The molecule has 2 N–H and O–H groups in total. The van der Waals surface area contributed by atoms with Gasteiger partial charge in [-0.15, -0.1) is 0 Å². The van der Waals surface area contributed by atoms with Gasteiger partial charge in [0.05, 0.1) is 11.8 Å². The van der Waals surface area contributed by atoms with E-state index >= 15 is 0 Å². The third-order valence-electron chi connectivity index (χ3n) is 3.29. The van der Waals surface area contributed by atoms with Crippen molar-refractivity contribution in [3.05, 3.63) is 64.7 Å². The van der Waals surface area contributed by atoms with Crippen molar-refractivity contribution in [1.29, 1.82) is 0 Å². The fraction of sp³-hybridized carbons (Fsp3) is 0.167. The van der Waals surface area contributed by atoms with Crippen LogP contribution in [0.15, 0.2) is 53.6 Å². The Morgan fingerprint density at radius 1 is 1.16 bits per heavy atom. The average molecular weight is 361 g/mol. The maximum atomic E-state index is 12.3. The molecular formula is C18H17ClN2O4. The largest absolute Gasteiger partial charge is 0.478 e. The molecule has 0 spiro atoms. The zero-order chi connectivity index (χ0) is 18.4. The molecular weight excluding hydrogens is 344 g/mol. The highest BCUT2D eigenvalue weighted by atomic mass is 35.5. The average Bonchev–Trinajstić information content (AvgIpc) is 2.57. The molecule has 6 nitrogen and oxygen atoms in total. The summed E-state index contributed by atoms with van der Waals surface area (Å²) in [5.74, 6) is -1.06. The summed E-state index contributed by atoms with van der Waals surface area (Å²) in [6.07, 6.45) is 1.28. The van der Waals surface area contributed by atoms with Crippen LogP contribution in [0, 0.1) is 0 Å². The fourth-order valence-electron chi connectivity index (χ4n) is 1.94. The zero-order valence-electron chi connectivity index (χ0n) is 13.7. The Hall–Kier alpha value is -2.86. The summed E-state index contributed by atoms with van der Waals surface area (Å²) >= 11 is 5.81. The van der Waals surface area contributed by atoms with Crippen LogP contribution in [-0.2, 0) is 4.79 Å². The molecule has 0 atom stereocenters. The molecule has 130 valence electrons. The van der Waals surface area contributed by atoms with E-state index in [2.05, 4.69) is 10.5 Å². The molecule has 7 heteroatoms. The summed E-state index contributed by atoms with van der Waals surface area (Å²) in [5, 5.41) is 13.5. The molecule has 0 heterocycles. The second-order valence-electron chi connectivity index (χ2n) is 5.66. The van der Waals surface area contributed by atoms with E-state index in [0.29, 0.717) is 16.3 Å². The molecule has 2 rings (SSSR count). The number of hydrazone groups is 1. The number of carboxylic acids is 1. The molecule has 1 amide bonds. The number of nitrogens with zero attached hydrogens (tertiary/aromatic N) is 1. The molecule has 0 unspecified atom stereocenters. The number of carbonyl (C=O) groups excluding carboxylic acids is 1. The number of carboxylic acid groups (broad SMARTS) is 1. The molecule has 0 aliphatic rings. The molecule has 0 bridgehead atoms. The van der Waals surface area contributed by atoms with Crippen molar-refractivity contribution in [2.45, 2.75) is 19.4 Å². The molecule has 0 radical (unpaired) electrons. The van der Waals surface area contributed by atoms with Gasteiger partial charge in [0.1, 0.15) is 5.75 Å². The lowest BCUT2D eigenvalue weighted by atomic mass is 10.1. The van der Waals surface area contributed by atoms with Crippen molar-refractivity contribution in [2.75, 3.05) is 0 Å². The third-order valence-corrected chi connectivity index (χ3v) is 3.55. The summed E-state index contributed by atoms with van der Waals surface area (Å²) in [4.78, 5) is 23.4. The lowest BCUT2D eigenvalue weighted by molar-refractivity contribution is -0.134. The number of nitrogens with one attached hydrogen (secondary N) is 1. The van der Waals surface area contributed by atoms with Crippen molar-refractivity contribution in [3.63, 3.8) is 0 Å². The maximum absolute atomic E-state index is 12.3. The van der Waals surface area contributed by atoms with E-state index in [1.54, 1.807) is 56.3 Å². The van der Waals surface area contributed by atoms with Crippen LogP contribution in [0.2, 0.25) is 5.02 Å². The lowest BCUT2D eigenvalue weighted by Crippen LogP contribution is -2.44. The van der Waals surface area contributed by atoms with Gasteiger partial charge in [-0.1, -0.05) is 29.8 Å². The van der Waals surface area contributed by atoms with Crippen molar-refractivity contribution >= 4 is 29.7 Å². The van der Waals surface area contributed by atoms with E-state index in [9.17, 15) is 9.59 Å². The van der Waals surface area contributed by atoms with Crippen molar-refractivity contribution in [2.24, 2.45) is 5.10 Å². The van der Waals surface area contributed by atoms with Crippen LogP contribution in [0.5, 0.6) is 5.75 Å². The minimum absolute atomic E-state index is 0.0946. The molecule has 0 fully saturated rings. The van der Waals surface area contributed by atoms with Crippen molar-refractivity contribution < 1.29 is 19.4 Å². The molecule has 0 saturated carbocycles. The molecule has 2 aromatic carbocycles. The number of benzene rings is 2. The topological polar surface area (TPSA) is 88.0 Å². The Kier molecular flexibility index (Phi) is 5.77. The second-order valence-corrected chi connectivity index (χ2v) is 6.09. The second kappa shape index (κ2) is 7.81. The highest BCUT2D eigenvalue weighted by Gasteiger charge is 2.29. The monoisotopic (exact) mass is 360 g/mol. The van der Waals surface area contributed by atoms with Crippen LogP contribution < -0.4 is 10.2 Å². The van der Waals surface area contributed by atoms with Crippen LogP contribution in [0.3, 0.4) is 0 Å². The van der Waals surface area contributed by atoms with Crippen LogP contribution in [-0.4, -0.2) is 28.8 Å². The number of halogens is 1.